The number of carboxylic acids is 1. The van der Waals surface area contributed by atoms with E-state index in [-0.39, 0.29) is 12.1 Å². The highest BCUT2D eigenvalue weighted by atomic mass is 16.5. The van der Waals surface area contributed by atoms with E-state index in [4.69, 9.17) is 4.74 Å². The van der Waals surface area contributed by atoms with E-state index in [0.29, 0.717) is 17.0 Å². The van der Waals surface area contributed by atoms with Crippen LogP contribution in [0, 0.1) is 13.8 Å². The Morgan fingerprint density at radius 2 is 1.47 bits per heavy atom. The van der Waals surface area contributed by atoms with E-state index < -0.39 is 5.97 Å². The van der Waals surface area contributed by atoms with Gasteiger partial charge in [0.25, 0.3) is 0 Å². The van der Waals surface area contributed by atoms with Gasteiger partial charge < -0.3 is 9.84 Å². The van der Waals surface area contributed by atoms with Gasteiger partial charge in [0.2, 0.25) is 0 Å². The minimum Gasteiger partial charge on any atom is -0.478 e. The van der Waals surface area contributed by atoms with Crippen molar-refractivity contribution < 1.29 is 19.4 Å². The van der Waals surface area contributed by atoms with Crippen molar-refractivity contribution in [1.29, 1.82) is 0 Å². The summed E-state index contributed by atoms with van der Waals surface area (Å²) in [7, 11) is 0. The molecule has 2 aliphatic rings. The summed E-state index contributed by atoms with van der Waals surface area (Å²) in [6, 6.07) is 13.4. The molecule has 0 atom stereocenters. The van der Waals surface area contributed by atoms with E-state index in [9.17, 15) is 14.7 Å². The SMILES string of the molecule is Cc1cccc(C(=O)OC2CCCCC2)c1.Cc1cccc(C2CCCCC2)c1C(=O)O. The first-order valence-corrected chi connectivity index (χ1v) is 12.1. The number of carbonyl (C=O) groups excluding carboxylic acids is 1. The van der Waals surface area contributed by atoms with Crippen LogP contribution < -0.4 is 0 Å². The van der Waals surface area contributed by atoms with Crippen LogP contribution in [0.1, 0.15) is 108 Å². The average molecular weight is 437 g/mol. The van der Waals surface area contributed by atoms with Gasteiger partial charge >= 0.3 is 11.9 Å². The number of aromatic carboxylic acids is 1. The number of carboxylic acid groups (broad SMARTS) is 1. The van der Waals surface area contributed by atoms with E-state index in [2.05, 4.69) is 0 Å². The second-order valence-electron chi connectivity index (χ2n) is 9.21. The van der Waals surface area contributed by atoms with Gasteiger partial charge in [-0.15, -0.1) is 0 Å². The van der Waals surface area contributed by atoms with Crippen molar-refractivity contribution in [2.45, 2.75) is 90.1 Å². The quantitative estimate of drug-likeness (QED) is 0.514. The van der Waals surface area contributed by atoms with Gasteiger partial charge in [0.1, 0.15) is 6.10 Å². The van der Waals surface area contributed by atoms with Gasteiger partial charge in [-0.2, -0.15) is 0 Å². The van der Waals surface area contributed by atoms with E-state index >= 15 is 0 Å². The molecule has 2 saturated carbocycles. The molecule has 2 aliphatic carbocycles. The summed E-state index contributed by atoms with van der Waals surface area (Å²) < 4.78 is 5.49. The third-order valence-corrected chi connectivity index (χ3v) is 6.64. The first-order valence-electron chi connectivity index (χ1n) is 12.1. The van der Waals surface area contributed by atoms with Gasteiger partial charge in [-0.05, 0) is 81.5 Å². The number of hydrogen-bond donors (Lipinski definition) is 1. The number of hydrogen-bond acceptors (Lipinski definition) is 3. The Labute approximate surface area is 192 Å². The van der Waals surface area contributed by atoms with Crippen LogP contribution in [-0.4, -0.2) is 23.1 Å². The Balaban J connectivity index is 0.000000181. The number of carbonyl (C=O) groups is 2. The maximum atomic E-state index is 11.8. The fraction of sp³-hybridized carbons (Fsp3) is 0.500. The van der Waals surface area contributed by atoms with Gasteiger partial charge in [0.05, 0.1) is 11.1 Å². The van der Waals surface area contributed by atoms with E-state index in [1.807, 2.05) is 56.3 Å². The smallest absolute Gasteiger partial charge is 0.338 e. The van der Waals surface area contributed by atoms with Crippen LogP contribution in [0.15, 0.2) is 42.5 Å². The van der Waals surface area contributed by atoms with E-state index in [1.54, 1.807) is 0 Å². The Morgan fingerprint density at radius 1 is 0.844 bits per heavy atom. The van der Waals surface area contributed by atoms with Gasteiger partial charge in [-0.3, -0.25) is 0 Å². The van der Waals surface area contributed by atoms with Crippen LogP contribution in [0.3, 0.4) is 0 Å². The normalized spacial score (nSPS) is 17.2. The van der Waals surface area contributed by atoms with E-state index in [0.717, 1.165) is 42.4 Å². The molecular formula is C28H36O4. The lowest BCUT2D eigenvalue weighted by atomic mass is 9.81. The first kappa shape index (κ1) is 24.0. The van der Waals surface area contributed by atoms with Crippen LogP contribution in [0.25, 0.3) is 0 Å². The molecular weight excluding hydrogens is 400 g/mol. The number of benzene rings is 2. The minimum absolute atomic E-state index is 0.141. The lowest BCUT2D eigenvalue weighted by Gasteiger charge is -2.24. The van der Waals surface area contributed by atoms with Crippen LogP contribution in [-0.2, 0) is 4.74 Å². The molecule has 4 rings (SSSR count). The lowest BCUT2D eigenvalue weighted by molar-refractivity contribution is 0.0211. The fourth-order valence-electron chi connectivity index (χ4n) is 4.91. The molecule has 0 radical (unpaired) electrons. The molecule has 0 amide bonds. The number of rotatable bonds is 4. The van der Waals surface area contributed by atoms with Crippen molar-refractivity contribution in [2.75, 3.05) is 0 Å². The molecule has 0 unspecified atom stereocenters. The molecule has 4 nitrogen and oxygen atoms in total. The first-order chi connectivity index (χ1) is 15.5. The van der Waals surface area contributed by atoms with Gasteiger partial charge in [0, 0.05) is 0 Å². The molecule has 1 N–H and O–H groups in total. The molecule has 0 saturated heterocycles. The van der Waals surface area contributed by atoms with Crippen molar-refractivity contribution in [3.63, 3.8) is 0 Å². The van der Waals surface area contributed by atoms with Gasteiger partial charge in [0.15, 0.2) is 0 Å². The summed E-state index contributed by atoms with van der Waals surface area (Å²) >= 11 is 0. The summed E-state index contributed by atoms with van der Waals surface area (Å²) in [5, 5.41) is 9.28. The number of ether oxygens (including phenoxy) is 1. The molecule has 172 valence electrons. The zero-order chi connectivity index (χ0) is 22.9. The molecule has 2 aromatic rings. The van der Waals surface area contributed by atoms with Crippen molar-refractivity contribution in [3.05, 3.63) is 70.3 Å². The molecule has 0 bridgehead atoms. The summed E-state index contributed by atoms with van der Waals surface area (Å²) in [5.74, 6) is -0.492. The molecule has 0 aliphatic heterocycles. The molecule has 2 aromatic carbocycles. The third-order valence-electron chi connectivity index (χ3n) is 6.64. The van der Waals surface area contributed by atoms with Crippen LogP contribution in [0.4, 0.5) is 0 Å². The predicted octanol–water partition coefficient (Wildman–Crippen LogP) is 7.23. The minimum atomic E-state index is -0.779. The highest BCUT2D eigenvalue weighted by Gasteiger charge is 2.22. The third kappa shape index (κ3) is 6.69. The van der Waals surface area contributed by atoms with Gasteiger partial charge in [-0.1, -0.05) is 61.6 Å². The molecule has 0 spiro atoms. The topological polar surface area (TPSA) is 63.6 Å². The average Bonchev–Trinajstić information content (AvgIpc) is 2.80. The highest BCUT2D eigenvalue weighted by Crippen LogP contribution is 2.35. The summed E-state index contributed by atoms with van der Waals surface area (Å²) in [4.78, 5) is 23.1. The van der Waals surface area contributed by atoms with Gasteiger partial charge in [-0.25, -0.2) is 9.59 Å². The number of esters is 1. The van der Waals surface area contributed by atoms with Crippen LogP contribution in [0.2, 0.25) is 0 Å². The largest absolute Gasteiger partial charge is 0.478 e. The van der Waals surface area contributed by atoms with Crippen molar-refractivity contribution in [1.82, 2.24) is 0 Å². The molecule has 32 heavy (non-hydrogen) atoms. The summed E-state index contributed by atoms with van der Waals surface area (Å²) in [5.41, 5.74) is 4.24. The lowest BCUT2D eigenvalue weighted by Crippen LogP contribution is -2.20. The Bertz CT molecular complexity index is 905. The second kappa shape index (κ2) is 11.8. The maximum absolute atomic E-state index is 11.8. The zero-order valence-corrected chi connectivity index (χ0v) is 19.4. The monoisotopic (exact) mass is 436 g/mol. The number of aryl methyl sites for hydroxylation is 2. The maximum Gasteiger partial charge on any atom is 0.338 e. The highest BCUT2D eigenvalue weighted by molar-refractivity contribution is 5.91. The zero-order valence-electron chi connectivity index (χ0n) is 19.4. The molecule has 0 aromatic heterocycles. The fourth-order valence-corrected chi connectivity index (χ4v) is 4.91. The second-order valence-corrected chi connectivity index (χ2v) is 9.21. The summed E-state index contributed by atoms with van der Waals surface area (Å²) in [6.45, 7) is 3.87. The van der Waals surface area contributed by atoms with Crippen LogP contribution in [0.5, 0.6) is 0 Å². The predicted molar refractivity (Wildman–Crippen MR) is 127 cm³/mol. The van der Waals surface area contributed by atoms with E-state index in [1.165, 1.54) is 38.5 Å². The van der Waals surface area contributed by atoms with Crippen molar-refractivity contribution in [2.24, 2.45) is 0 Å². The molecule has 0 heterocycles. The van der Waals surface area contributed by atoms with Crippen molar-refractivity contribution in [3.8, 4) is 0 Å². The summed E-state index contributed by atoms with van der Waals surface area (Å²) in [6.07, 6.45) is 11.9. The van der Waals surface area contributed by atoms with Crippen molar-refractivity contribution >= 4 is 11.9 Å². The standard InChI is InChI=1S/2C14H18O2/c1-11-6-5-7-12(10-11)14(15)16-13-8-3-2-4-9-13;1-10-6-5-9-12(13(10)14(15)16)11-7-3-2-4-8-11/h5-7,10,13H,2-4,8-9H2,1H3;5-6,9,11H,2-4,7-8H2,1H3,(H,15,16). The molecule has 2 fully saturated rings. The molecule has 4 heteroatoms. The Kier molecular flexibility index (Phi) is 8.90. The Morgan fingerprint density at radius 3 is 2.09 bits per heavy atom. The van der Waals surface area contributed by atoms with Crippen LogP contribution >= 0.6 is 0 Å². The Hall–Kier alpha value is -2.62.